The summed E-state index contributed by atoms with van der Waals surface area (Å²) in [5.74, 6) is 4.62. The van der Waals surface area contributed by atoms with E-state index < -0.39 is 0 Å². The summed E-state index contributed by atoms with van der Waals surface area (Å²) < 4.78 is 11.2. The average molecular weight is 317 g/mol. The maximum absolute atomic E-state index is 5.66. The molecular weight excluding hydrogens is 294 g/mol. The van der Waals surface area contributed by atoms with Gasteiger partial charge in [-0.3, -0.25) is 0 Å². The van der Waals surface area contributed by atoms with Crippen molar-refractivity contribution in [1.29, 1.82) is 0 Å². The summed E-state index contributed by atoms with van der Waals surface area (Å²) in [6.45, 7) is 7.10. The lowest BCUT2D eigenvalue weighted by molar-refractivity contribution is 0.283. The standard InChI is InChI=1S/C18H23NO2S/c1-4-12-21-16-7-6-15(13-17(16)20-5-2)18(22)19-10-8-14(3)9-11-19/h1,6-7,13-14H,5,8-12H2,2-3H3. The van der Waals surface area contributed by atoms with Gasteiger partial charge in [0, 0.05) is 18.7 Å². The zero-order chi connectivity index (χ0) is 15.9. The molecule has 3 nitrogen and oxygen atoms in total. The number of ether oxygens (including phenoxy) is 2. The number of thiocarbonyl (C=S) groups is 1. The summed E-state index contributed by atoms with van der Waals surface area (Å²) in [6, 6.07) is 5.82. The van der Waals surface area contributed by atoms with Crippen LogP contribution in [0.4, 0.5) is 0 Å². The van der Waals surface area contributed by atoms with Crippen molar-refractivity contribution >= 4 is 17.2 Å². The second-order valence-electron chi connectivity index (χ2n) is 5.56. The van der Waals surface area contributed by atoms with Crippen molar-refractivity contribution in [3.05, 3.63) is 23.8 Å². The van der Waals surface area contributed by atoms with Gasteiger partial charge in [0.2, 0.25) is 0 Å². The first-order valence-corrected chi connectivity index (χ1v) is 8.19. The fourth-order valence-electron chi connectivity index (χ4n) is 2.54. The summed E-state index contributed by atoms with van der Waals surface area (Å²) in [6.07, 6.45) is 7.64. The minimum Gasteiger partial charge on any atom is -0.490 e. The molecule has 1 aromatic carbocycles. The topological polar surface area (TPSA) is 21.7 Å². The molecule has 0 atom stereocenters. The number of benzene rings is 1. The van der Waals surface area contributed by atoms with Gasteiger partial charge in [0.15, 0.2) is 11.5 Å². The number of hydrogen-bond donors (Lipinski definition) is 0. The summed E-state index contributed by atoms with van der Waals surface area (Å²) >= 11 is 5.65. The van der Waals surface area contributed by atoms with Crippen molar-refractivity contribution in [2.45, 2.75) is 26.7 Å². The number of piperidine rings is 1. The Labute approximate surface area is 138 Å². The lowest BCUT2D eigenvalue weighted by atomic mass is 9.99. The molecular formula is C18H23NO2S. The second kappa shape index (κ2) is 8.05. The maximum atomic E-state index is 5.66. The first-order valence-electron chi connectivity index (χ1n) is 7.78. The lowest BCUT2D eigenvalue weighted by Gasteiger charge is -2.32. The van der Waals surface area contributed by atoms with Gasteiger partial charge in [-0.2, -0.15) is 0 Å². The van der Waals surface area contributed by atoms with Crippen molar-refractivity contribution in [2.24, 2.45) is 5.92 Å². The highest BCUT2D eigenvalue weighted by molar-refractivity contribution is 7.80. The van der Waals surface area contributed by atoms with E-state index >= 15 is 0 Å². The number of nitrogens with zero attached hydrogens (tertiary/aromatic N) is 1. The monoisotopic (exact) mass is 317 g/mol. The third kappa shape index (κ3) is 4.14. The predicted molar refractivity (Wildman–Crippen MR) is 93.6 cm³/mol. The van der Waals surface area contributed by atoms with Gasteiger partial charge < -0.3 is 14.4 Å². The summed E-state index contributed by atoms with van der Waals surface area (Å²) in [5.41, 5.74) is 1.00. The van der Waals surface area contributed by atoms with Gasteiger partial charge in [-0.15, -0.1) is 6.42 Å². The number of rotatable bonds is 5. The van der Waals surface area contributed by atoms with E-state index in [0.29, 0.717) is 18.1 Å². The minimum atomic E-state index is 0.230. The van der Waals surface area contributed by atoms with Crippen LogP contribution in [0, 0.1) is 18.3 Å². The van der Waals surface area contributed by atoms with Crippen LogP contribution in [0.3, 0.4) is 0 Å². The Morgan fingerprint density at radius 3 is 2.68 bits per heavy atom. The molecule has 0 bridgehead atoms. The van der Waals surface area contributed by atoms with Gasteiger partial charge in [-0.05, 0) is 43.9 Å². The van der Waals surface area contributed by atoms with E-state index in [2.05, 4.69) is 17.7 Å². The largest absolute Gasteiger partial charge is 0.490 e. The zero-order valence-electron chi connectivity index (χ0n) is 13.3. The van der Waals surface area contributed by atoms with Gasteiger partial charge in [0.05, 0.1) is 6.61 Å². The van der Waals surface area contributed by atoms with Crippen molar-refractivity contribution in [2.75, 3.05) is 26.3 Å². The quantitative estimate of drug-likeness (QED) is 0.612. The van der Waals surface area contributed by atoms with Crippen LogP contribution in [0.5, 0.6) is 11.5 Å². The van der Waals surface area contributed by atoms with Crippen LogP contribution in [0.25, 0.3) is 0 Å². The molecule has 0 aromatic heterocycles. The minimum absolute atomic E-state index is 0.230. The SMILES string of the molecule is C#CCOc1ccc(C(=S)N2CCC(C)CC2)cc1OCC. The third-order valence-electron chi connectivity index (χ3n) is 3.87. The Bertz CT molecular complexity index is 557. The first kappa shape index (κ1) is 16.6. The number of likely N-dealkylation sites (tertiary alicyclic amines) is 1. The molecule has 0 N–H and O–H groups in total. The number of hydrogen-bond acceptors (Lipinski definition) is 3. The molecule has 1 fully saturated rings. The van der Waals surface area contributed by atoms with Crippen molar-refractivity contribution < 1.29 is 9.47 Å². The van der Waals surface area contributed by atoms with Crippen molar-refractivity contribution in [3.63, 3.8) is 0 Å². The van der Waals surface area contributed by atoms with Crippen LogP contribution in [0.1, 0.15) is 32.3 Å². The third-order valence-corrected chi connectivity index (χ3v) is 4.37. The summed E-state index contributed by atoms with van der Waals surface area (Å²) in [4.78, 5) is 3.17. The Kier molecular flexibility index (Phi) is 6.09. The average Bonchev–Trinajstić information content (AvgIpc) is 2.54. The Hall–Kier alpha value is -1.73. The van der Waals surface area contributed by atoms with E-state index in [1.807, 2.05) is 25.1 Å². The lowest BCUT2D eigenvalue weighted by Crippen LogP contribution is -2.37. The molecule has 1 saturated heterocycles. The Morgan fingerprint density at radius 2 is 2.05 bits per heavy atom. The highest BCUT2D eigenvalue weighted by Crippen LogP contribution is 2.30. The molecule has 0 saturated carbocycles. The maximum Gasteiger partial charge on any atom is 0.162 e. The second-order valence-corrected chi connectivity index (χ2v) is 5.95. The highest BCUT2D eigenvalue weighted by Gasteiger charge is 2.19. The molecule has 4 heteroatoms. The molecule has 0 spiro atoms. The zero-order valence-corrected chi connectivity index (χ0v) is 14.1. The first-order chi connectivity index (χ1) is 10.7. The van der Waals surface area contributed by atoms with E-state index in [-0.39, 0.29) is 6.61 Å². The molecule has 2 rings (SSSR count). The fraction of sp³-hybridized carbons (Fsp3) is 0.500. The van der Waals surface area contributed by atoms with E-state index in [9.17, 15) is 0 Å². The van der Waals surface area contributed by atoms with Crippen molar-refractivity contribution in [3.8, 4) is 23.8 Å². The summed E-state index contributed by atoms with van der Waals surface area (Å²) in [7, 11) is 0. The molecule has 22 heavy (non-hydrogen) atoms. The molecule has 0 radical (unpaired) electrons. The molecule has 1 heterocycles. The molecule has 118 valence electrons. The van der Waals surface area contributed by atoms with E-state index in [1.54, 1.807) is 0 Å². The predicted octanol–water partition coefficient (Wildman–Crippen LogP) is 3.50. The van der Waals surface area contributed by atoms with Crippen molar-refractivity contribution in [1.82, 2.24) is 4.90 Å². The molecule has 1 aliphatic rings. The van der Waals surface area contributed by atoms with E-state index in [0.717, 1.165) is 29.6 Å². The highest BCUT2D eigenvalue weighted by atomic mass is 32.1. The van der Waals surface area contributed by atoms with Gasteiger partial charge in [-0.25, -0.2) is 0 Å². The molecule has 0 unspecified atom stereocenters. The molecule has 1 aliphatic heterocycles. The molecule has 0 amide bonds. The van der Waals surface area contributed by atoms with Crippen LogP contribution in [0.2, 0.25) is 0 Å². The number of terminal acetylenes is 1. The fourth-order valence-corrected chi connectivity index (χ4v) is 2.85. The van der Waals surface area contributed by atoms with E-state index in [1.165, 1.54) is 12.8 Å². The van der Waals surface area contributed by atoms with Crippen LogP contribution in [0.15, 0.2) is 18.2 Å². The summed E-state index contributed by atoms with van der Waals surface area (Å²) in [5, 5.41) is 0. The van der Waals surface area contributed by atoms with Crippen LogP contribution in [-0.2, 0) is 0 Å². The molecule has 0 aliphatic carbocycles. The Balaban J connectivity index is 2.15. The van der Waals surface area contributed by atoms with E-state index in [4.69, 9.17) is 28.1 Å². The van der Waals surface area contributed by atoms with Gasteiger partial charge in [0.1, 0.15) is 11.6 Å². The normalized spacial score (nSPS) is 15.2. The van der Waals surface area contributed by atoms with Gasteiger partial charge in [-0.1, -0.05) is 25.1 Å². The Morgan fingerprint density at radius 1 is 1.32 bits per heavy atom. The smallest absolute Gasteiger partial charge is 0.162 e. The van der Waals surface area contributed by atoms with Gasteiger partial charge >= 0.3 is 0 Å². The molecule has 1 aromatic rings. The van der Waals surface area contributed by atoms with Crippen LogP contribution < -0.4 is 9.47 Å². The van der Waals surface area contributed by atoms with Gasteiger partial charge in [0.25, 0.3) is 0 Å². The van der Waals surface area contributed by atoms with Crippen LogP contribution >= 0.6 is 12.2 Å². The van der Waals surface area contributed by atoms with Crippen LogP contribution in [-0.4, -0.2) is 36.2 Å².